The number of carbonyl (C=O) groups is 2. The van der Waals surface area contributed by atoms with Crippen molar-refractivity contribution in [3.8, 4) is 11.5 Å². The zero-order valence-corrected chi connectivity index (χ0v) is 21.3. The summed E-state index contributed by atoms with van der Waals surface area (Å²) < 4.78 is 16.7. The first kappa shape index (κ1) is 25.1. The van der Waals surface area contributed by atoms with Crippen molar-refractivity contribution in [1.29, 1.82) is 0 Å². The lowest BCUT2D eigenvalue weighted by molar-refractivity contribution is -0.132. The maximum atomic E-state index is 13.3. The Bertz CT molecular complexity index is 1530. The Morgan fingerprint density at radius 1 is 1.03 bits per heavy atom. The van der Waals surface area contributed by atoms with Gasteiger partial charge < -0.3 is 19.1 Å². The Morgan fingerprint density at radius 2 is 1.76 bits per heavy atom. The number of amides is 1. The van der Waals surface area contributed by atoms with E-state index < -0.39 is 17.7 Å². The third-order valence-corrected chi connectivity index (χ3v) is 6.42. The number of aliphatic hydroxyl groups excluding tert-OH is 1. The van der Waals surface area contributed by atoms with Gasteiger partial charge in [0.15, 0.2) is 17.3 Å². The molecule has 1 aliphatic heterocycles. The van der Waals surface area contributed by atoms with E-state index in [9.17, 15) is 14.7 Å². The van der Waals surface area contributed by atoms with E-state index in [4.69, 9.17) is 25.6 Å². The van der Waals surface area contributed by atoms with E-state index in [1.54, 1.807) is 55.5 Å². The molecule has 0 aliphatic carbocycles. The Kier molecular flexibility index (Phi) is 6.89. The van der Waals surface area contributed by atoms with Gasteiger partial charge in [0, 0.05) is 16.7 Å². The largest absolute Gasteiger partial charge is 0.507 e. The van der Waals surface area contributed by atoms with E-state index in [0.29, 0.717) is 40.0 Å². The molecule has 1 amide bonds. The van der Waals surface area contributed by atoms with E-state index in [2.05, 4.69) is 5.16 Å². The summed E-state index contributed by atoms with van der Waals surface area (Å²) in [6.07, 6.45) is 0. The van der Waals surface area contributed by atoms with Crippen molar-refractivity contribution in [2.75, 3.05) is 12.0 Å². The van der Waals surface area contributed by atoms with Crippen LogP contribution < -0.4 is 14.4 Å². The van der Waals surface area contributed by atoms with Crippen LogP contribution in [0, 0.1) is 6.92 Å². The number of anilines is 1. The number of Topliss-reactive ketones (excluding diaryl/α,β-unsaturated/α-hetero) is 1. The van der Waals surface area contributed by atoms with Gasteiger partial charge in [-0.2, -0.15) is 0 Å². The molecule has 1 aliphatic rings. The fourth-order valence-electron chi connectivity index (χ4n) is 4.32. The van der Waals surface area contributed by atoms with E-state index in [1.165, 1.54) is 12.0 Å². The lowest BCUT2D eigenvalue weighted by Gasteiger charge is -2.24. The van der Waals surface area contributed by atoms with Crippen LogP contribution in [0.5, 0.6) is 11.5 Å². The number of aryl methyl sites for hydroxylation is 1. The number of rotatable bonds is 7. The first-order valence-electron chi connectivity index (χ1n) is 11.7. The Balaban J connectivity index is 1.60. The maximum absolute atomic E-state index is 13.3. The molecular formula is C29H23ClN2O6. The van der Waals surface area contributed by atoms with E-state index >= 15 is 0 Å². The van der Waals surface area contributed by atoms with Crippen LogP contribution >= 0.6 is 11.6 Å². The Morgan fingerprint density at radius 3 is 2.42 bits per heavy atom. The molecule has 0 spiro atoms. The van der Waals surface area contributed by atoms with Gasteiger partial charge in [-0.15, -0.1) is 0 Å². The number of halogens is 1. The van der Waals surface area contributed by atoms with Gasteiger partial charge in [0.2, 0.25) is 0 Å². The van der Waals surface area contributed by atoms with E-state index in [1.807, 2.05) is 30.3 Å². The summed E-state index contributed by atoms with van der Waals surface area (Å²) in [5, 5.41) is 15.7. The quantitative estimate of drug-likeness (QED) is 0.182. The molecule has 1 fully saturated rings. The number of benzene rings is 3. The predicted molar refractivity (Wildman–Crippen MR) is 141 cm³/mol. The highest BCUT2D eigenvalue weighted by atomic mass is 35.5. The molecule has 38 heavy (non-hydrogen) atoms. The lowest BCUT2D eigenvalue weighted by atomic mass is 9.95. The molecule has 1 N–H and O–H groups in total. The zero-order valence-electron chi connectivity index (χ0n) is 20.6. The standard InChI is InChI=1S/C29H23ClN2O6/c1-17-14-24(31-38-17)32-26(25(28(34)29(32)35)27(33)19-8-11-21(30)12-9-19)20-10-13-22(23(15-20)36-2)37-16-18-6-4-3-5-7-18/h3-15,26,33H,16H2,1-2H3/t26-/m1/s1. The average Bonchev–Trinajstić information content (AvgIpc) is 3.48. The monoisotopic (exact) mass is 530 g/mol. The molecule has 5 rings (SSSR count). The molecule has 8 nitrogen and oxygen atoms in total. The molecule has 9 heteroatoms. The number of aliphatic hydroxyl groups is 1. The van der Waals surface area contributed by atoms with Gasteiger partial charge in [0.05, 0.1) is 18.7 Å². The van der Waals surface area contributed by atoms with Crippen molar-refractivity contribution in [2.45, 2.75) is 19.6 Å². The topological polar surface area (TPSA) is 102 Å². The van der Waals surface area contributed by atoms with Crippen LogP contribution in [0.2, 0.25) is 5.02 Å². The number of nitrogens with zero attached hydrogens (tertiary/aromatic N) is 2. The van der Waals surface area contributed by atoms with E-state index in [0.717, 1.165) is 5.56 Å². The van der Waals surface area contributed by atoms with Crippen molar-refractivity contribution in [1.82, 2.24) is 5.16 Å². The van der Waals surface area contributed by atoms with Crippen LogP contribution in [0.4, 0.5) is 5.82 Å². The summed E-state index contributed by atoms with van der Waals surface area (Å²) in [5.41, 5.74) is 1.72. The summed E-state index contributed by atoms with van der Waals surface area (Å²) in [5.74, 6) is -0.558. The summed E-state index contributed by atoms with van der Waals surface area (Å²) in [6, 6.07) is 21.6. The highest BCUT2D eigenvalue weighted by Crippen LogP contribution is 2.44. The molecule has 4 aromatic rings. The average molecular weight is 531 g/mol. The Labute approximate surface area is 223 Å². The van der Waals surface area contributed by atoms with Crippen molar-refractivity contribution >= 4 is 34.9 Å². The van der Waals surface area contributed by atoms with Crippen LogP contribution in [0.3, 0.4) is 0 Å². The minimum absolute atomic E-state index is 0.0991. The van der Waals surface area contributed by atoms with Crippen molar-refractivity contribution < 1.29 is 28.7 Å². The number of hydrogen-bond acceptors (Lipinski definition) is 7. The number of ether oxygens (including phenoxy) is 2. The number of ketones is 1. The molecule has 1 atom stereocenters. The molecule has 0 saturated carbocycles. The highest BCUT2D eigenvalue weighted by Gasteiger charge is 2.48. The van der Waals surface area contributed by atoms with Crippen LogP contribution in [0.1, 0.15) is 28.5 Å². The van der Waals surface area contributed by atoms with Crippen LogP contribution in [0.15, 0.2) is 89.0 Å². The molecular weight excluding hydrogens is 508 g/mol. The number of methoxy groups -OCH3 is 1. The van der Waals surface area contributed by atoms with Crippen molar-refractivity contribution in [3.63, 3.8) is 0 Å². The molecule has 3 aromatic carbocycles. The maximum Gasteiger partial charge on any atom is 0.301 e. The summed E-state index contributed by atoms with van der Waals surface area (Å²) in [7, 11) is 1.50. The van der Waals surface area contributed by atoms with Crippen LogP contribution in [-0.4, -0.2) is 29.1 Å². The third-order valence-electron chi connectivity index (χ3n) is 6.17. The minimum atomic E-state index is -1.01. The normalized spacial score (nSPS) is 16.6. The van der Waals surface area contributed by atoms with Gasteiger partial charge in [0.1, 0.15) is 18.1 Å². The van der Waals surface area contributed by atoms with Crippen molar-refractivity contribution in [2.24, 2.45) is 0 Å². The van der Waals surface area contributed by atoms with Gasteiger partial charge >= 0.3 is 5.91 Å². The highest BCUT2D eigenvalue weighted by molar-refractivity contribution is 6.51. The molecule has 0 unspecified atom stereocenters. The van der Waals surface area contributed by atoms with Gasteiger partial charge in [-0.05, 0) is 54.4 Å². The van der Waals surface area contributed by atoms with Crippen LogP contribution in [0.25, 0.3) is 5.76 Å². The smallest absolute Gasteiger partial charge is 0.301 e. The fourth-order valence-corrected chi connectivity index (χ4v) is 4.45. The second kappa shape index (κ2) is 10.4. The molecule has 0 radical (unpaired) electrons. The zero-order chi connectivity index (χ0) is 26.8. The Hall–Kier alpha value is -4.56. The first-order valence-corrected chi connectivity index (χ1v) is 12.1. The fraction of sp³-hybridized carbons (Fsp3) is 0.138. The number of aromatic nitrogens is 1. The molecule has 2 heterocycles. The third kappa shape index (κ3) is 4.73. The molecule has 192 valence electrons. The predicted octanol–water partition coefficient (Wildman–Crippen LogP) is 5.85. The lowest BCUT2D eigenvalue weighted by Crippen LogP contribution is -2.29. The van der Waals surface area contributed by atoms with Gasteiger partial charge in [-0.3, -0.25) is 14.5 Å². The second-order valence-corrected chi connectivity index (χ2v) is 9.09. The van der Waals surface area contributed by atoms with Gasteiger partial charge in [0.25, 0.3) is 5.78 Å². The van der Waals surface area contributed by atoms with Gasteiger partial charge in [-0.1, -0.05) is 53.2 Å². The molecule has 1 aromatic heterocycles. The summed E-state index contributed by atoms with van der Waals surface area (Å²) >= 11 is 6.00. The minimum Gasteiger partial charge on any atom is -0.507 e. The van der Waals surface area contributed by atoms with Gasteiger partial charge in [-0.25, -0.2) is 0 Å². The van der Waals surface area contributed by atoms with Crippen LogP contribution in [-0.2, 0) is 16.2 Å². The molecule has 0 bridgehead atoms. The molecule has 1 saturated heterocycles. The SMILES string of the molecule is COc1cc([C@@H]2C(=C(O)c3ccc(Cl)cc3)C(=O)C(=O)N2c2cc(C)on2)ccc1OCc1ccccc1. The first-order chi connectivity index (χ1) is 18.4. The van der Waals surface area contributed by atoms with Crippen molar-refractivity contribution in [3.05, 3.63) is 112 Å². The second-order valence-electron chi connectivity index (χ2n) is 8.66. The van der Waals surface area contributed by atoms with E-state index in [-0.39, 0.29) is 17.2 Å². The summed E-state index contributed by atoms with van der Waals surface area (Å²) in [6.45, 7) is 2.00. The summed E-state index contributed by atoms with van der Waals surface area (Å²) in [4.78, 5) is 27.8. The number of carbonyl (C=O) groups excluding carboxylic acids is 2. The number of hydrogen-bond donors (Lipinski definition) is 1.